The molecule has 0 radical (unpaired) electrons. The fourth-order valence-electron chi connectivity index (χ4n) is 2.83. The topological polar surface area (TPSA) is 61.6 Å². The summed E-state index contributed by atoms with van der Waals surface area (Å²) in [6.45, 7) is 6.23. The second kappa shape index (κ2) is 7.21. The van der Waals surface area contributed by atoms with Crippen LogP contribution in [0.25, 0.3) is 10.8 Å². The molecule has 0 fully saturated rings. The van der Waals surface area contributed by atoms with Crippen molar-refractivity contribution >= 4 is 32.8 Å². The van der Waals surface area contributed by atoms with Gasteiger partial charge in [0.25, 0.3) is 0 Å². The number of ether oxygens (including phenoxy) is 2. The average molecular weight is 380 g/mol. The number of carbonyl (C=O) groups excluding carboxylic acids is 1. The molecule has 0 saturated carbocycles. The van der Waals surface area contributed by atoms with E-state index in [0.29, 0.717) is 12.3 Å². The summed E-state index contributed by atoms with van der Waals surface area (Å²) in [5, 5.41) is 2.08. The monoisotopic (exact) mass is 379 g/mol. The lowest BCUT2D eigenvalue weighted by molar-refractivity contribution is -0.0182. The van der Waals surface area contributed by atoms with Gasteiger partial charge in [0.1, 0.15) is 18.0 Å². The maximum Gasteiger partial charge on any atom is 0.405 e. The normalized spacial score (nSPS) is 13.8. The van der Waals surface area contributed by atoms with E-state index < -0.39 is 11.7 Å². The molecule has 0 saturated heterocycles. The van der Waals surface area contributed by atoms with E-state index in [0.717, 1.165) is 21.0 Å². The van der Waals surface area contributed by atoms with Gasteiger partial charge < -0.3 is 15.2 Å². The van der Waals surface area contributed by atoms with Crippen molar-refractivity contribution in [3.63, 3.8) is 0 Å². The fraction of sp³-hybridized carbons (Fsp3) is 0.389. The highest BCUT2D eigenvalue weighted by Gasteiger charge is 2.30. The summed E-state index contributed by atoms with van der Waals surface area (Å²) in [4.78, 5) is 11.2. The molecule has 124 valence electrons. The Hall–Kier alpha value is -1.75. The van der Waals surface area contributed by atoms with Crippen molar-refractivity contribution in [3.05, 3.63) is 40.9 Å². The molecule has 0 aliphatic heterocycles. The van der Waals surface area contributed by atoms with Crippen LogP contribution in [-0.4, -0.2) is 18.3 Å². The molecule has 2 rings (SSSR count). The largest absolute Gasteiger partial charge is 0.489 e. The van der Waals surface area contributed by atoms with Gasteiger partial charge in [-0.25, -0.2) is 4.79 Å². The molecule has 0 bridgehead atoms. The van der Waals surface area contributed by atoms with E-state index in [1.807, 2.05) is 43.3 Å². The molecule has 2 N–H and O–H groups in total. The summed E-state index contributed by atoms with van der Waals surface area (Å²) in [5.74, 6) is 1.11. The molecule has 0 aromatic heterocycles. The molecule has 2 aromatic rings. The van der Waals surface area contributed by atoms with Gasteiger partial charge in [-0.1, -0.05) is 54.0 Å². The third-order valence-corrected chi connectivity index (χ3v) is 4.24. The van der Waals surface area contributed by atoms with Gasteiger partial charge in [0.2, 0.25) is 0 Å². The second-order valence-electron chi connectivity index (χ2n) is 6.35. The van der Waals surface area contributed by atoms with Gasteiger partial charge in [0.15, 0.2) is 0 Å². The number of hydrogen-bond donors (Lipinski definition) is 1. The summed E-state index contributed by atoms with van der Waals surface area (Å²) >= 11 is 3.55. The highest BCUT2D eigenvalue weighted by atomic mass is 79.9. The Morgan fingerprint density at radius 3 is 2.48 bits per heavy atom. The van der Waals surface area contributed by atoms with Gasteiger partial charge in [-0.15, -0.1) is 0 Å². The SMILES string of the molecule is CC(C)C[C@@](C)(COc1ccc(Br)c2ccccc12)OC(N)=O. The van der Waals surface area contributed by atoms with Crippen molar-refractivity contribution in [2.75, 3.05) is 6.61 Å². The Morgan fingerprint density at radius 1 is 1.22 bits per heavy atom. The van der Waals surface area contributed by atoms with Crippen molar-refractivity contribution < 1.29 is 14.3 Å². The van der Waals surface area contributed by atoms with Crippen LogP contribution in [0.1, 0.15) is 27.2 Å². The number of hydrogen-bond acceptors (Lipinski definition) is 3. The summed E-state index contributed by atoms with van der Waals surface area (Å²) in [5.41, 5.74) is 4.45. The molecule has 4 nitrogen and oxygen atoms in total. The number of benzene rings is 2. The first kappa shape index (κ1) is 17.6. The van der Waals surface area contributed by atoms with Gasteiger partial charge in [0, 0.05) is 9.86 Å². The van der Waals surface area contributed by atoms with E-state index in [2.05, 4.69) is 29.8 Å². The molecule has 23 heavy (non-hydrogen) atoms. The molecule has 0 aliphatic carbocycles. The van der Waals surface area contributed by atoms with Gasteiger partial charge >= 0.3 is 6.09 Å². The van der Waals surface area contributed by atoms with Crippen molar-refractivity contribution in [3.8, 4) is 5.75 Å². The molecule has 5 heteroatoms. The Morgan fingerprint density at radius 2 is 1.87 bits per heavy atom. The molecule has 0 aliphatic rings. The van der Waals surface area contributed by atoms with E-state index in [-0.39, 0.29) is 6.61 Å². The van der Waals surface area contributed by atoms with Crippen LogP contribution in [-0.2, 0) is 4.74 Å². The van der Waals surface area contributed by atoms with Crippen LogP contribution in [0.5, 0.6) is 5.75 Å². The fourth-order valence-corrected chi connectivity index (χ4v) is 3.31. The summed E-state index contributed by atoms with van der Waals surface area (Å²) in [6.07, 6.45) is -0.109. The number of halogens is 1. The number of fused-ring (bicyclic) bond motifs is 1. The number of rotatable bonds is 6. The summed E-state index contributed by atoms with van der Waals surface area (Å²) in [6, 6.07) is 11.8. The number of carbonyl (C=O) groups is 1. The standard InChI is InChI=1S/C18H22BrNO3/c1-12(2)10-18(3,23-17(20)21)11-22-16-9-8-15(19)13-6-4-5-7-14(13)16/h4-9,12H,10-11H2,1-3H3,(H2,20,21)/t18-/m0/s1. The molecule has 0 spiro atoms. The highest BCUT2D eigenvalue weighted by Crippen LogP contribution is 2.32. The van der Waals surface area contributed by atoms with Crippen molar-refractivity contribution in [1.82, 2.24) is 0 Å². The predicted molar refractivity (Wildman–Crippen MR) is 95.7 cm³/mol. The van der Waals surface area contributed by atoms with Gasteiger partial charge in [-0.2, -0.15) is 0 Å². The van der Waals surface area contributed by atoms with Crippen LogP contribution < -0.4 is 10.5 Å². The quantitative estimate of drug-likeness (QED) is 0.777. The highest BCUT2D eigenvalue weighted by molar-refractivity contribution is 9.10. The number of primary amides is 1. The van der Waals surface area contributed by atoms with Crippen LogP contribution in [0, 0.1) is 5.92 Å². The molecule has 2 aromatic carbocycles. The van der Waals surface area contributed by atoms with E-state index in [9.17, 15) is 4.79 Å². The van der Waals surface area contributed by atoms with Crippen molar-refractivity contribution in [2.45, 2.75) is 32.8 Å². The summed E-state index contributed by atoms with van der Waals surface area (Å²) < 4.78 is 12.3. The van der Waals surface area contributed by atoms with Crippen LogP contribution >= 0.6 is 15.9 Å². The van der Waals surface area contributed by atoms with Gasteiger partial charge in [0.05, 0.1) is 0 Å². The van der Waals surface area contributed by atoms with Crippen LogP contribution in [0.2, 0.25) is 0 Å². The Labute approximate surface area is 145 Å². The summed E-state index contributed by atoms with van der Waals surface area (Å²) in [7, 11) is 0. The third-order valence-electron chi connectivity index (χ3n) is 3.55. The lowest BCUT2D eigenvalue weighted by Crippen LogP contribution is -2.41. The Balaban J connectivity index is 2.24. The van der Waals surface area contributed by atoms with Gasteiger partial charge in [-0.3, -0.25) is 0 Å². The van der Waals surface area contributed by atoms with E-state index in [4.69, 9.17) is 15.2 Å². The molecular weight excluding hydrogens is 358 g/mol. The van der Waals surface area contributed by atoms with Crippen molar-refractivity contribution in [2.24, 2.45) is 11.7 Å². The second-order valence-corrected chi connectivity index (χ2v) is 7.20. The van der Waals surface area contributed by atoms with E-state index in [1.54, 1.807) is 0 Å². The third kappa shape index (κ3) is 4.61. The first-order valence-electron chi connectivity index (χ1n) is 7.59. The average Bonchev–Trinajstić information content (AvgIpc) is 2.45. The minimum absolute atomic E-state index is 0.250. The zero-order valence-corrected chi connectivity index (χ0v) is 15.2. The molecule has 0 unspecified atom stereocenters. The minimum Gasteiger partial charge on any atom is -0.489 e. The lowest BCUT2D eigenvalue weighted by Gasteiger charge is -2.30. The van der Waals surface area contributed by atoms with Crippen LogP contribution in [0.3, 0.4) is 0 Å². The first-order valence-corrected chi connectivity index (χ1v) is 8.38. The maximum absolute atomic E-state index is 11.2. The zero-order chi connectivity index (χ0) is 17.0. The molecule has 1 amide bonds. The molecule has 1 atom stereocenters. The zero-order valence-electron chi connectivity index (χ0n) is 13.6. The van der Waals surface area contributed by atoms with Crippen molar-refractivity contribution in [1.29, 1.82) is 0 Å². The lowest BCUT2D eigenvalue weighted by atomic mass is 9.95. The van der Waals surface area contributed by atoms with E-state index in [1.165, 1.54) is 0 Å². The number of amides is 1. The Bertz CT molecular complexity index is 702. The molecule has 0 heterocycles. The smallest absolute Gasteiger partial charge is 0.405 e. The van der Waals surface area contributed by atoms with Crippen LogP contribution in [0.4, 0.5) is 4.79 Å². The minimum atomic E-state index is -0.780. The van der Waals surface area contributed by atoms with Gasteiger partial charge in [-0.05, 0) is 36.8 Å². The molecular formula is C18H22BrNO3. The number of nitrogens with two attached hydrogens (primary N) is 1. The Kier molecular flexibility index (Phi) is 5.52. The first-order chi connectivity index (χ1) is 10.8. The predicted octanol–water partition coefficient (Wildman–Crippen LogP) is 4.88. The van der Waals surface area contributed by atoms with E-state index >= 15 is 0 Å². The maximum atomic E-state index is 11.2. The van der Waals surface area contributed by atoms with Crippen LogP contribution in [0.15, 0.2) is 40.9 Å².